The molecule has 0 fully saturated rings. The van der Waals surface area contributed by atoms with Gasteiger partial charge in [-0.15, -0.1) is 0 Å². The first-order valence-electron chi connectivity index (χ1n) is 12.5. The maximum Gasteiger partial charge on any atom is 0.220 e. The van der Waals surface area contributed by atoms with Crippen molar-refractivity contribution in [2.45, 2.75) is 45.1 Å². The normalized spacial score (nSPS) is 16.8. The summed E-state index contributed by atoms with van der Waals surface area (Å²) >= 11 is 0. The van der Waals surface area contributed by atoms with E-state index in [0.717, 1.165) is 74.7 Å². The minimum atomic E-state index is 0.139. The lowest BCUT2D eigenvalue weighted by Gasteiger charge is -2.17. The second-order valence-electron chi connectivity index (χ2n) is 9.14. The van der Waals surface area contributed by atoms with Crippen LogP contribution in [0.1, 0.15) is 48.9 Å². The van der Waals surface area contributed by atoms with Gasteiger partial charge in [-0.3, -0.25) is 4.79 Å². The Hall–Kier alpha value is -3.45. The van der Waals surface area contributed by atoms with Gasteiger partial charge in [-0.05, 0) is 74.7 Å². The molecule has 0 radical (unpaired) electrons. The van der Waals surface area contributed by atoms with E-state index in [9.17, 15) is 4.79 Å². The lowest BCUT2D eigenvalue weighted by Crippen LogP contribution is -2.26. The van der Waals surface area contributed by atoms with Crippen molar-refractivity contribution < 1.29 is 9.53 Å². The second-order valence-corrected chi connectivity index (χ2v) is 9.14. The van der Waals surface area contributed by atoms with E-state index in [0.29, 0.717) is 13.0 Å². The highest BCUT2D eigenvalue weighted by atomic mass is 16.5. The number of benzene rings is 2. The zero-order valence-electron chi connectivity index (χ0n) is 20.5. The zero-order chi connectivity index (χ0) is 24.3. The summed E-state index contributed by atoms with van der Waals surface area (Å²) in [6.07, 6.45) is 6.72. The fraction of sp³-hybridized carbons (Fsp3) is 0.393. The van der Waals surface area contributed by atoms with Crippen molar-refractivity contribution in [1.82, 2.24) is 20.2 Å². The van der Waals surface area contributed by atoms with Crippen molar-refractivity contribution in [3.63, 3.8) is 0 Å². The predicted molar refractivity (Wildman–Crippen MR) is 139 cm³/mol. The van der Waals surface area contributed by atoms with Gasteiger partial charge in [-0.2, -0.15) is 0 Å². The Morgan fingerprint density at radius 3 is 2.69 bits per heavy atom. The van der Waals surface area contributed by atoms with Crippen LogP contribution in [-0.2, 0) is 17.8 Å². The fourth-order valence-corrected chi connectivity index (χ4v) is 4.20. The van der Waals surface area contributed by atoms with Crippen LogP contribution in [0.15, 0.2) is 60.9 Å². The number of rotatable bonds is 0. The van der Waals surface area contributed by atoms with Gasteiger partial charge in [0.15, 0.2) is 0 Å². The Morgan fingerprint density at radius 1 is 0.943 bits per heavy atom. The first-order valence-corrected chi connectivity index (χ1v) is 12.5. The van der Waals surface area contributed by atoms with E-state index < -0.39 is 0 Å². The topological polar surface area (TPSA) is 79.4 Å². The standard InChI is InChI=1S/C28H35N5O2/c1-33-15-6-9-28(34)29-14-3-2-4-16-35-26-12-10-24(11-13-26)32-27-19-25(30-21-31-27)18-22-7-5-8-23(17-22)20-33/h5,7-8,10-13,17,19,21H,2-4,6,9,14-16,18,20H2,1H3,(H,29,34)(H,30,31,32). The van der Waals surface area contributed by atoms with E-state index in [-0.39, 0.29) is 5.91 Å². The highest BCUT2D eigenvalue weighted by Crippen LogP contribution is 2.20. The van der Waals surface area contributed by atoms with Crippen LogP contribution in [0.4, 0.5) is 11.5 Å². The Bertz CT molecular complexity index is 1090. The summed E-state index contributed by atoms with van der Waals surface area (Å²) in [5.74, 6) is 1.76. The fourth-order valence-electron chi connectivity index (χ4n) is 4.20. The molecule has 6 bridgehead atoms. The first-order chi connectivity index (χ1) is 17.1. The van der Waals surface area contributed by atoms with Crippen LogP contribution in [0.5, 0.6) is 5.75 Å². The van der Waals surface area contributed by atoms with Gasteiger partial charge >= 0.3 is 0 Å². The van der Waals surface area contributed by atoms with Crippen molar-refractivity contribution in [2.75, 3.05) is 32.1 Å². The zero-order valence-corrected chi connectivity index (χ0v) is 20.5. The molecule has 1 aromatic heterocycles. The number of aromatic nitrogens is 2. The van der Waals surface area contributed by atoms with Crippen molar-refractivity contribution in [3.8, 4) is 5.75 Å². The van der Waals surface area contributed by atoms with Crippen molar-refractivity contribution in [2.24, 2.45) is 0 Å². The smallest absolute Gasteiger partial charge is 0.220 e. The summed E-state index contributed by atoms with van der Waals surface area (Å²) in [5, 5.41) is 6.40. The van der Waals surface area contributed by atoms with Crippen molar-refractivity contribution >= 4 is 17.4 Å². The van der Waals surface area contributed by atoms with E-state index in [1.54, 1.807) is 6.33 Å². The number of ether oxygens (including phenoxy) is 1. The third kappa shape index (κ3) is 8.37. The van der Waals surface area contributed by atoms with E-state index in [1.165, 1.54) is 11.1 Å². The average Bonchev–Trinajstić information content (AvgIpc) is 2.84. The number of amides is 1. The van der Waals surface area contributed by atoms with Gasteiger partial charge in [0.1, 0.15) is 17.9 Å². The molecule has 35 heavy (non-hydrogen) atoms. The van der Waals surface area contributed by atoms with Crippen molar-refractivity contribution in [3.05, 3.63) is 77.7 Å². The SMILES string of the molecule is CN1CCCC(=O)NCCCCCOc2ccc(cc2)Nc2cc(ncn2)Cc2cccc(c2)C1. The largest absolute Gasteiger partial charge is 0.494 e. The number of carbonyl (C=O) groups excluding carboxylic acids is 1. The van der Waals surface area contributed by atoms with Crippen LogP contribution in [0.3, 0.4) is 0 Å². The predicted octanol–water partition coefficient (Wildman–Crippen LogP) is 4.70. The van der Waals surface area contributed by atoms with Gasteiger partial charge in [-0.1, -0.05) is 24.3 Å². The maximum atomic E-state index is 12.1. The molecule has 7 nitrogen and oxygen atoms in total. The van der Waals surface area contributed by atoms with Gasteiger partial charge in [0, 0.05) is 37.7 Å². The number of anilines is 2. The molecular formula is C28H35N5O2. The molecule has 0 unspecified atom stereocenters. The number of hydrogen-bond acceptors (Lipinski definition) is 6. The van der Waals surface area contributed by atoms with E-state index in [1.807, 2.05) is 30.3 Å². The molecule has 0 saturated carbocycles. The minimum absolute atomic E-state index is 0.139. The monoisotopic (exact) mass is 473 g/mol. The molecule has 3 aromatic rings. The molecule has 0 aliphatic carbocycles. The third-order valence-electron chi connectivity index (χ3n) is 6.04. The second kappa shape index (κ2) is 12.9. The quantitative estimate of drug-likeness (QED) is 0.493. The van der Waals surface area contributed by atoms with Crippen LogP contribution in [0, 0.1) is 0 Å². The molecule has 0 atom stereocenters. The number of nitrogens with one attached hydrogen (secondary N) is 2. The number of carbonyl (C=O) groups is 1. The molecule has 7 heteroatoms. The van der Waals surface area contributed by atoms with Gasteiger partial charge < -0.3 is 20.3 Å². The third-order valence-corrected chi connectivity index (χ3v) is 6.04. The number of fused-ring (bicyclic) bond motifs is 14. The maximum absolute atomic E-state index is 12.1. The van der Waals surface area contributed by atoms with E-state index in [2.05, 4.69) is 56.8 Å². The molecule has 3 heterocycles. The Balaban J connectivity index is 1.45. The summed E-state index contributed by atoms with van der Waals surface area (Å²) in [6, 6.07) is 18.5. The van der Waals surface area contributed by atoms with E-state index >= 15 is 0 Å². The van der Waals surface area contributed by atoms with E-state index in [4.69, 9.17) is 4.74 Å². The van der Waals surface area contributed by atoms with Crippen LogP contribution in [0.2, 0.25) is 0 Å². The summed E-state index contributed by atoms with van der Waals surface area (Å²) in [6.45, 7) is 3.13. The number of hydrogen-bond donors (Lipinski definition) is 2. The van der Waals surface area contributed by atoms with Crippen LogP contribution in [-0.4, -0.2) is 47.5 Å². The first kappa shape index (κ1) is 24.7. The molecule has 0 spiro atoms. The molecular weight excluding hydrogens is 438 g/mol. The summed E-state index contributed by atoms with van der Waals surface area (Å²) in [5.41, 5.74) is 4.39. The summed E-state index contributed by atoms with van der Waals surface area (Å²) < 4.78 is 5.86. The highest BCUT2D eigenvalue weighted by molar-refractivity contribution is 5.75. The average molecular weight is 474 g/mol. The Labute approximate surface area is 207 Å². The molecule has 2 aromatic carbocycles. The minimum Gasteiger partial charge on any atom is -0.494 e. The van der Waals surface area contributed by atoms with Gasteiger partial charge in [0.2, 0.25) is 5.91 Å². The van der Waals surface area contributed by atoms with Crippen LogP contribution >= 0.6 is 0 Å². The Kier molecular flexibility index (Phi) is 9.06. The lowest BCUT2D eigenvalue weighted by atomic mass is 10.1. The summed E-state index contributed by atoms with van der Waals surface area (Å²) in [4.78, 5) is 23.3. The van der Waals surface area contributed by atoms with Crippen LogP contribution < -0.4 is 15.4 Å². The Morgan fingerprint density at radius 2 is 1.80 bits per heavy atom. The molecule has 0 saturated heterocycles. The molecule has 5 rings (SSSR count). The molecule has 184 valence electrons. The van der Waals surface area contributed by atoms with Gasteiger partial charge in [0.25, 0.3) is 0 Å². The van der Waals surface area contributed by atoms with Gasteiger partial charge in [0.05, 0.1) is 12.3 Å². The molecule has 2 aliphatic heterocycles. The van der Waals surface area contributed by atoms with Crippen LogP contribution in [0.25, 0.3) is 0 Å². The molecule has 2 aliphatic rings. The highest BCUT2D eigenvalue weighted by Gasteiger charge is 2.07. The lowest BCUT2D eigenvalue weighted by molar-refractivity contribution is -0.121. The molecule has 1 amide bonds. The van der Waals surface area contributed by atoms with Gasteiger partial charge in [-0.25, -0.2) is 9.97 Å². The van der Waals surface area contributed by atoms with Crippen molar-refractivity contribution in [1.29, 1.82) is 0 Å². The number of nitrogens with zero attached hydrogens (tertiary/aromatic N) is 3. The summed E-state index contributed by atoms with van der Waals surface area (Å²) in [7, 11) is 2.11. The molecule has 2 N–H and O–H groups in total.